The molecule has 0 spiro atoms. The number of aliphatic carboxylic acids is 1. The van der Waals surface area contributed by atoms with Gasteiger partial charge in [-0.05, 0) is 31.1 Å². The molecule has 0 radical (unpaired) electrons. The number of nitrogens with one attached hydrogen (secondary N) is 1. The molecule has 0 aromatic rings. The van der Waals surface area contributed by atoms with E-state index in [2.05, 4.69) is 5.32 Å². The maximum Gasteiger partial charge on any atom is 0.306 e. The lowest BCUT2D eigenvalue weighted by Crippen LogP contribution is -2.49. The number of amides is 1. The van der Waals surface area contributed by atoms with Gasteiger partial charge in [0.1, 0.15) is 0 Å². The molecular weight excluding hydrogens is 182 g/mol. The first kappa shape index (κ1) is 9.49. The Morgan fingerprint density at radius 1 is 1.29 bits per heavy atom. The van der Waals surface area contributed by atoms with Crippen LogP contribution in [0, 0.1) is 17.8 Å². The van der Waals surface area contributed by atoms with Crippen molar-refractivity contribution in [3.63, 3.8) is 0 Å². The topological polar surface area (TPSA) is 66.4 Å². The molecule has 2 N–H and O–H groups in total. The van der Waals surface area contributed by atoms with Crippen LogP contribution in [0.3, 0.4) is 0 Å². The van der Waals surface area contributed by atoms with E-state index in [4.69, 9.17) is 5.11 Å². The Kier molecular flexibility index (Phi) is 2.21. The summed E-state index contributed by atoms with van der Waals surface area (Å²) in [5.41, 5.74) is 0. The highest BCUT2D eigenvalue weighted by Crippen LogP contribution is 2.49. The zero-order chi connectivity index (χ0) is 10.3. The zero-order valence-electron chi connectivity index (χ0n) is 8.19. The van der Waals surface area contributed by atoms with Crippen LogP contribution < -0.4 is 5.32 Å². The van der Waals surface area contributed by atoms with Crippen molar-refractivity contribution < 1.29 is 14.7 Å². The number of hydrogen-bond acceptors (Lipinski definition) is 2. The summed E-state index contributed by atoms with van der Waals surface area (Å²) in [5.74, 6) is 0.0879. The number of carbonyl (C=O) groups is 2. The van der Waals surface area contributed by atoms with Crippen molar-refractivity contribution in [2.45, 2.75) is 32.2 Å². The molecule has 2 aliphatic carbocycles. The molecule has 0 aromatic carbocycles. The van der Waals surface area contributed by atoms with E-state index in [1.54, 1.807) is 0 Å². The first-order valence-corrected chi connectivity index (χ1v) is 5.08. The van der Waals surface area contributed by atoms with Crippen LogP contribution in [-0.2, 0) is 9.59 Å². The molecule has 1 amide bonds. The normalized spacial score (nSPS) is 39.8. The number of carboxylic acids is 1. The molecule has 4 nitrogen and oxygen atoms in total. The van der Waals surface area contributed by atoms with Crippen LogP contribution in [0.4, 0.5) is 0 Å². The average molecular weight is 197 g/mol. The lowest BCUT2D eigenvalue weighted by molar-refractivity contribution is -0.141. The summed E-state index contributed by atoms with van der Waals surface area (Å²) < 4.78 is 0. The molecule has 14 heavy (non-hydrogen) atoms. The summed E-state index contributed by atoms with van der Waals surface area (Å²) >= 11 is 0. The number of fused-ring (bicyclic) bond motifs is 1. The molecule has 2 rings (SSSR count). The van der Waals surface area contributed by atoms with Gasteiger partial charge >= 0.3 is 5.97 Å². The number of carboxylic acid groups (broad SMARTS) is 1. The summed E-state index contributed by atoms with van der Waals surface area (Å²) in [4.78, 5) is 21.6. The van der Waals surface area contributed by atoms with Gasteiger partial charge in [-0.15, -0.1) is 0 Å². The van der Waals surface area contributed by atoms with Crippen LogP contribution in [0.5, 0.6) is 0 Å². The second kappa shape index (κ2) is 3.26. The fourth-order valence-corrected chi connectivity index (χ4v) is 2.86. The molecule has 0 heterocycles. The standard InChI is InChI=1S/C10H15NO3/c1-5(12)11-9-4-6-2-7(10(13)14)3-8(6)9/h6-9H,2-4H2,1H3,(H,11,12)(H,13,14)/t6-,7+,8-,9-/m1/s1. The molecule has 78 valence electrons. The number of carbonyl (C=O) groups excluding carboxylic acids is 1. The second-order valence-electron chi connectivity index (χ2n) is 4.47. The monoisotopic (exact) mass is 197 g/mol. The Morgan fingerprint density at radius 3 is 2.57 bits per heavy atom. The van der Waals surface area contributed by atoms with Gasteiger partial charge in [-0.2, -0.15) is 0 Å². The van der Waals surface area contributed by atoms with Crippen molar-refractivity contribution in [2.75, 3.05) is 0 Å². The number of hydrogen-bond donors (Lipinski definition) is 2. The quantitative estimate of drug-likeness (QED) is 0.682. The van der Waals surface area contributed by atoms with Crippen LogP contribution in [0.25, 0.3) is 0 Å². The van der Waals surface area contributed by atoms with Crippen molar-refractivity contribution >= 4 is 11.9 Å². The van der Waals surface area contributed by atoms with E-state index in [0.29, 0.717) is 11.8 Å². The lowest BCUT2D eigenvalue weighted by Gasteiger charge is -2.40. The fourth-order valence-electron chi connectivity index (χ4n) is 2.86. The molecule has 0 bridgehead atoms. The Labute approximate surface area is 82.7 Å². The molecule has 0 saturated heterocycles. The molecule has 0 aliphatic heterocycles. The fraction of sp³-hybridized carbons (Fsp3) is 0.800. The minimum atomic E-state index is -0.680. The lowest BCUT2D eigenvalue weighted by atomic mass is 9.71. The SMILES string of the molecule is CC(=O)N[C@@H]1C[C@H]2C[C@H](C(=O)O)C[C@H]21. The van der Waals surface area contributed by atoms with E-state index in [1.807, 2.05) is 0 Å². The van der Waals surface area contributed by atoms with E-state index in [0.717, 1.165) is 19.3 Å². The Bertz CT molecular complexity index is 277. The highest BCUT2D eigenvalue weighted by atomic mass is 16.4. The predicted molar refractivity (Wildman–Crippen MR) is 49.6 cm³/mol. The molecule has 0 aromatic heterocycles. The van der Waals surface area contributed by atoms with Crippen LogP contribution in [0.1, 0.15) is 26.2 Å². The van der Waals surface area contributed by atoms with Gasteiger partial charge < -0.3 is 10.4 Å². The summed E-state index contributed by atoms with van der Waals surface area (Å²) in [7, 11) is 0. The molecule has 2 saturated carbocycles. The third kappa shape index (κ3) is 1.49. The summed E-state index contributed by atoms with van der Waals surface area (Å²) in [5, 5.41) is 11.7. The zero-order valence-corrected chi connectivity index (χ0v) is 8.19. The van der Waals surface area contributed by atoms with Crippen molar-refractivity contribution in [1.82, 2.24) is 5.32 Å². The minimum Gasteiger partial charge on any atom is -0.481 e. The first-order chi connectivity index (χ1) is 6.58. The molecule has 0 unspecified atom stereocenters. The minimum absolute atomic E-state index is 0.00720. The van der Waals surface area contributed by atoms with E-state index in [1.165, 1.54) is 6.92 Å². The highest BCUT2D eigenvalue weighted by Gasteiger charge is 2.49. The first-order valence-electron chi connectivity index (χ1n) is 5.08. The second-order valence-corrected chi connectivity index (χ2v) is 4.47. The smallest absolute Gasteiger partial charge is 0.306 e. The number of rotatable bonds is 2. The van der Waals surface area contributed by atoms with Crippen molar-refractivity contribution in [1.29, 1.82) is 0 Å². The van der Waals surface area contributed by atoms with Gasteiger partial charge in [0.05, 0.1) is 5.92 Å². The predicted octanol–water partition coefficient (Wildman–Crippen LogP) is 0.622. The van der Waals surface area contributed by atoms with Crippen molar-refractivity contribution in [3.8, 4) is 0 Å². The Morgan fingerprint density at radius 2 is 2.00 bits per heavy atom. The van der Waals surface area contributed by atoms with E-state index in [9.17, 15) is 9.59 Å². The van der Waals surface area contributed by atoms with Gasteiger partial charge in [-0.3, -0.25) is 9.59 Å². The van der Waals surface area contributed by atoms with Crippen LogP contribution in [-0.4, -0.2) is 23.0 Å². The van der Waals surface area contributed by atoms with Gasteiger partial charge in [0, 0.05) is 13.0 Å². The molecule has 2 aliphatic rings. The molecule has 4 heteroatoms. The van der Waals surface area contributed by atoms with Gasteiger partial charge in [0.2, 0.25) is 5.91 Å². The van der Waals surface area contributed by atoms with Crippen LogP contribution in [0.15, 0.2) is 0 Å². The van der Waals surface area contributed by atoms with Crippen molar-refractivity contribution in [3.05, 3.63) is 0 Å². The van der Waals surface area contributed by atoms with Gasteiger partial charge in [0.25, 0.3) is 0 Å². The molecule has 4 atom stereocenters. The highest BCUT2D eigenvalue weighted by molar-refractivity contribution is 5.73. The summed E-state index contributed by atoms with van der Waals surface area (Å²) in [6.45, 7) is 1.51. The van der Waals surface area contributed by atoms with Crippen LogP contribution in [0.2, 0.25) is 0 Å². The largest absolute Gasteiger partial charge is 0.481 e. The summed E-state index contributed by atoms with van der Waals surface area (Å²) in [6.07, 6.45) is 2.51. The molecule has 2 fully saturated rings. The maximum absolute atomic E-state index is 10.8. The van der Waals surface area contributed by atoms with E-state index >= 15 is 0 Å². The van der Waals surface area contributed by atoms with E-state index in [-0.39, 0.29) is 17.9 Å². The average Bonchev–Trinajstić information content (AvgIpc) is 2.39. The van der Waals surface area contributed by atoms with Gasteiger partial charge in [-0.1, -0.05) is 0 Å². The molecular formula is C10H15NO3. The third-order valence-electron chi connectivity index (χ3n) is 3.56. The third-order valence-corrected chi connectivity index (χ3v) is 3.56. The Hall–Kier alpha value is -1.06. The van der Waals surface area contributed by atoms with E-state index < -0.39 is 5.97 Å². The Balaban J connectivity index is 1.89. The summed E-state index contributed by atoms with van der Waals surface area (Å²) in [6, 6.07) is 0.238. The van der Waals surface area contributed by atoms with Gasteiger partial charge in [-0.25, -0.2) is 0 Å². The van der Waals surface area contributed by atoms with Crippen LogP contribution >= 0.6 is 0 Å². The maximum atomic E-state index is 10.8. The van der Waals surface area contributed by atoms with Crippen molar-refractivity contribution in [2.24, 2.45) is 17.8 Å². The van der Waals surface area contributed by atoms with Gasteiger partial charge in [0.15, 0.2) is 0 Å².